The van der Waals surface area contributed by atoms with Crippen molar-refractivity contribution in [2.45, 2.75) is 33.0 Å². The molecule has 1 aromatic carbocycles. The molecule has 0 aliphatic rings. The predicted molar refractivity (Wildman–Crippen MR) is 83.7 cm³/mol. The molecule has 108 valence electrons. The molecule has 2 rings (SSSR count). The van der Waals surface area contributed by atoms with Gasteiger partial charge in [-0.3, -0.25) is 4.68 Å². The van der Waals surface area contributed by atoms with Crippen LogP contribution in [0.4, 0.5) is 5.69 Å². The fourth-order valence-corrected chi connectivity index (χ4v) is 2.22. The summed E-state index contributed by atoms with van der Waals surface area (Å²) in [6, 6.07) is 8.46. The Kier molecular flexibility index (Phi) is 5.18. The maximum absolute atomic E-state index is 4.36. The molecule has 0 bridgehead atoms. The van der Waals surface area contributed by atoms with E-state index in [1.165, 1.54) is 16.8 Å². The number of hydrogen-bond acceptors (Lipinski definition) is 3. The Labute approximate surface area is 121 Å². The van der Waals surface area contributed by atoms with E-state index in [0.717, 1.165) is 26.1 Å². The third-order valence-electron chi connectivity index (χ3n) is 3.13. The van der Waals surface area contributed by atoms with Gasteiger partial charge in [0.25, 0.3) is 0 Å². The minimum absolute atomic E-state index is 0.814. The molecule has 20 heavy (non-hydrogen) atoms. The van der Waals surface area contributed by atoms with Gasteiger partial charge in [-0.25, -0.2) is 0 Å². The Morgan fingerprint density at radius 1 is 1.25 bits per heavy atom. The first kappa shape index (κ1) is 14.6. The van der Waals surface area contributed by atoms with Crippen molar-refractivity contribution in [3.63, 3.8) is 0 Å². The van der Waals surface area contributed by atoms with Crippen LogP contribution < -0.4 is 5.32 Å². The van der Waals surface area contributed by atoms with Gasteiger partial charge < -0.3 is 10.2 Å². The molecule has 0 atom stereocenters. The lowest BCUT2D eigenvalue weighted by Gasteiger charge is -2.15. The molecule has 0 saturated carbocycles. The highest BCUT2D eigenvalue weighted by Gasteiger charge is 2.03. The molecule has 0 spiro atoms. The molecule has 0 aliphatic heterocycles. The van der Waals surface area contributed by atoms with Gasteiger partial charge in [-0.05, 0) is 32.1 Å². The first-order valence-electron chi connectivity index (χ1n) is 7.17. The predicted octanol–water partition coefficient (Wildman–Crippen LogP) is 2.97. The molecule has 0 fully saturated rings. The van der Waals surface area contributed by atoms with Crippen molar-refractivity contribution in [1.29, 1.82) is 0 Å². The maximum atomic E-state index is 4.36. The van der Waals surface area contributed by atoms with E-state index in [-0.39, 0.29) is 0 Å². The van der Waals surface area contributed by atoms with Crippen LogP contribution in [-0.4, -0.2) is 28.8 Å². The molecular formula is C16H24N4. The Balaban J connectivity index is 1.99. The van der Waals surface area contributed by atoms with E-state index in [4.69, 9.17) is 0 Å². The topological polar surface area (TPSA) is 33.1 Å². The van der Waals surface area contributed by atoms with Crippen LogP contribution in [0.2, 0.25) is 0 Å². The van der Waals surface area contributed by atoms with E-state index in [9.17, 15) is 0 Å². The number of para-hydroxylation sites is 1. The zero-order valence-corrected chi connectivity index (χ0v) is 12.6. The Morgan fingerprint density at radius 3 is 2.80 bits per heavy atom. The highest BCUT2D eigenvalue weighted by atomic mass is 15.3. The maximum Gasteiger partial charge on any atom is 0.0539 e. The van der Waals surface area contributed by atoms with Crippen LogP contribution in [0.5, 0.6) is 0 Å². The quantitative estimate of drug-likeness (QED) is 0.841. The Morgan fingerprint density at radius 2 is 2.05 bits per heavy atom. The van der Waals surface area contributed by atoms with Crippen molar-refractivity contribution in [2.24, 2.45) is 0 Å². The molecule has 0 saturated heterocycles. The van der Waals surface area contributed by atoms with Crippen molar-refractivity contribution in [3.05, 3.63) is 47.8 Å². The highest BCUT2D eigenvalue weighted by molar-refractivity contribution is 5.51. The highest BCUT2D eigenvalue weighted by Crippen LogP contribution is 2.17. The first-order chi connectivity index (χ1) is 9.69. The van der Waals surface area contributed by atoms with E-state index >= 15 is 0 Å². The van der Waals surface area contributed by atoms with Crippen molar-refractivity contribution in [2.75, 3.05) is 19.4 Å². The molecule has 1 N–H and O–H groups in total. The van der Waals surface area contributed by atoms with Gasteiger partial charge in [0.1, 0.15) is 0 Å². The van der Waals surface area contributed by atoms with E-state index in [0.29, 0.717) is 0 Å². The van der Waals surface area contributed by atoms with Gasteiger partial charge in [0.15, 0.2) is 0 Å². The van der Waals surface area contributed by atoms with E-state index in [1.54, 1.807) is 0 Å². The monoisotopic (exact) mass is 272 g/mol. The summed E-state index contributed by atoms with van der Waals surface area (Å²) in [5.41, 5.74) is 3.74. The van der Waals surface area contributed by atoms with Crippen LogP contribution in [0.25, 0.3) is 0 Å². The van der Waals surface area contributed by atoms with Gasteiger partial charge in [0.05, 0.1) is 6.20 Å². The summed E-state index contributed by atoms with van der Waals surface area (Å²) in [5.74, 6) is 0. The number of nitrogens with zero attached hydrogens (tertiary/aromatic N) is 3. The van der Waals surface area contributed by atoms with Crippen LogP contribution in [0.15, 0.2) is 36.7 Å². The van der Waals surface area contributed by atoms with Gasteiger partial charge in [-0.2, -0.15) is 5.10 Å². The minimum Gasteiger partial charge on any atom is -0.381 e. The van der Waals surface area contributed by atoms with Gasteiger partial charge in [0.2, 0.25) is 0 Å². The summed E-state index contributed by atoms with van der Waals surface area (Å²) in [6.45, 7) is 4.90. The summed E-state index contributed by atoms with van der Waals surface area (Å²) in [7, 11) is 4.18. The minimum atomic E-state index is 0.814. The molecule has 0 amide bonds. The molecule has 1 heterocycles. The van der Waals surface area contributed by atoms with Crippen LogP contribution in [0.1, 0.15) is 24.5 Å². The molecule has 2 aromatic rings. The SMILES string of the molecule is CCCn1cc(CNc2ccccc2CN(C)C)cn1. The summed E-state index contributed by atoms with van der Waals surface area (Å²) in [6.07, 6.45) is 5.17. The molecule has 0 radical (unpaired) electrons. The van der Waals surface area contributed by atoms with Gasteiger partial charge in [-0.15, -0.1) is 0 Å². The van der Waals surface area contributed by atoms with Crippen LogP contribution >= 0.6 is 0 Å². The van der Waals surface area contributed by atoms with Crippen LogP contribution in [0.3, 0.4) is 0 Å². The fraction of sp³-hybridized carbons (Fsp3) is 0.438. The van der Waals surface area contributed by atoms with Gasteiger partial charge in [-0.1, -0.05) is 25.1 Å². The lowest BCUT2D eigenvalue weighted by molar-refractivity contribution is 0.403. The van der Waals surface area contributed by atoms with Crippen LogP contribution in [0, 0.1) is 0 Å². The lowest BCUT2D eigenvalue weighted by Crippen LogP contribution is -2.12. The number of anilines is 1. The van der Waals surface area contributed by atoms with E-state index in [2.05, 4.69) is 66.8 Å². The molecular weight excluding hydrogens is 248 g/mol. The second-order valence-electron chi connectivity index (χ2n) is 5.36. The number of hydrogen-bond donors (Lipinski definition) is 1. The Bertz CT molecular complexity index is 531. The number of nitrogens with one attached hydrogen (secondary N) is 1. The molecule has 1 aromatic heterocycles. The average Bonchev–Trinajstić information content (AvgIpc) is 2.85. The Hall–Kier alpha value is -1.81. The molecule has 4 nitrogen and oxygen atoms in total. The lowest BCUT2D eigenvalue weighted by atomic mass is 10.1. The molecule has 0 aliphatic carbocycles. The summed E-state index contributed by atoms with van der Waals surface area (Å²) in [4.78, 5) is 2.18. The smallest absolute Gasteiger partial charge is 0.0539 e. The number of rotatable bonds is 7. The van der Waals surface area contributed by atoms with Crippen molar-refractivity contribution >= 4 is 5.69 Å². The van der Waals surface area contributed by atoms with Crippen LogP contribution in [-0.2, 0) is 19.6 Å². The standard InChI is InChI=1S/C16H24N4/c1-4-9-20-12-14(11-18-20)10-17-16-8-6-5-7-15(16)13-19(2)3/h5-8,11-12,17H,4,9-10,13H2,1-3H3. The number of aromatic nitrogens is 2. The number of aryl methyl sites for hydroxylation is 1. The second-order valence-corrected chi connectivity index (χ2v) is 5.36. The summed E-state index contributed by atoms with van der Waals surface area (Å²) in [5, 5.41) is 7.87. The normalized spacial score (nSPS) is 11.0. The van der Waals surface area contributed by atoms with Crippen molar-refractivity contribution < 1.29 is 0 Å². The van der Waals surface area contributed by atoms with E-state index < -0.39 is 0 Å². The molecule has 4 heteroatoms. The average molecular weight is 272 g/mol. The molecule has 0 unspecified atom stereocenters. The fourth-order valence-electron chi connectivity index (χ4n) is 2.22. The largest absolute Gasteiger partial charge is 0.381 e. The summed E-state index contributed by atoms with van der Waals surface area (Å²) >= 11 is 0. The van der Waals surface area contributed by atoms with E-state index in [1.807, 2.05) is 10.9 Å². The van der Waals surface area contributed by atoms with Crippen molar-refractivity contribution in [3.8, 4) is 0 Å². The zero-order valence-electron chi connectivity index (χ0n) is 12.6. The second kappa shape index (κ2) is 7.10. The summed E-state index contributed by atoms with van der Waals surface area (Å²) < 4.78 is 2.00. The zero-order chi connectivity index (χ0) is 14.4. The van der Waals surface area contributed by atoms with Gasteiger partial charge >= 0.3 is 0 Å². The number of benzene rings is 1. The first-order valence-corrected chi connectivity index (χ1v) is 7.17. The third kappa shape index (κ3) is 4.10. The van der Waals surface area contributed by atoms with Crippen molar-refractivity contribution in [1.82, 2.24) is 14.7 Å². The third-order valence-corrected chi connectivity index (χ3v) is 3.13. The van der Waals surface area contributed by atoms with Gasteiger partial charge in [0, 0.05) is 37.1 Å².